The average Bonchev–Trinajstić information content (AvgIpc) is 3.29. The van der Waals surface area contributed by atoms with Crippen molar-refractivity contribution in [2.24, 2.45) is 7.05 Å². The number of ether oxygens (including phenoxy) is 1. The van der Waals surface area contributed by atoms with Crippen molar-refractivity contribution in [3.05, 3.63) is 108 Å². The molecule has 0 saturated heterocycles. The number of hydrogen-bond donors (Lipinski definition) is 2. The van der Waals surface area contributed by atoms with Crippen LogP contribution in [0.2, 0.25) is 0 Å². The molecule has 1 amide bonds. The summed E-state index contributed by atoms with van der Waals surface area (Å²) in [6, 6.07) is 19.7. The summed E-state index contributed by atoms with van der Waals surface area (Å²) in [4.78, 5) is 17.7. The Morgan fingerprint density at radius 1 is 1.03 bits per heavy atom. The van der Waals surface area contributed by atoms with Crippen LogP contribution in [-0.4, -0.2) is 31.0 Å². The third kappa shape index (κ3) is 5.52. The quantitative estimate of drug-likeness (QED) is 0.388. The lowest BCUT2D eigenvalue weighted by atomic mass is 10.0. The molecule has 2 N–H and O–H groups in total. The Morgan fingerprint density at radius 3 is 2.46 bits per heavy atom. The number of aromatic nitrogens is 2. The number of benzene rings is 3. The predicted octanol–water partition coefficient (Wildman–Crippen LogP) is 4.06. The minimum absolute atomic E-state index is 0.0133. The number of nitrogens with one attached hydrogen (secondary N) is 2. The van der Waals surface area contributed by atoms with E-state index >= 15 is 0 Å². The van der Waals surface area contributed by atoms with Crippen LogP contribution >= 0.6 is 0 Å². The van der Waals surface area contributed by atoms with Crippen molar-refractivity contribution >= 4 is 21.6 Å². The van der Waals surface area contributed by atoms with E-state index in [1.54, 1.807) is 43.8 Å². The Labute approximate surface area is 204 Å². The van der Waals surface area contributed by atoms with Crippen molar-refractivity contribution in [1.29, 1.82) is 0 Å². The summed E-state index contributed by atoms with van der Waals surface area (Å²) in [6.07, 6.45) is 3.44. The van der Waals surface area contributed by atoms with Crippen LogP contribution in [0.25, 0.3) is 0 Å². The topological polar surface area (TPSA) is 102 Å². The molecule has 8 nitrogen and oxygen atoms in total. The number of anilines is 1. The molecule has 0 aliphatic heterocycles. The number of nitrogens with zero attached hydrogens (tertiary/aromatic N) is 2. The molecule has 1 aromatic heterocycles. The van der Waals surface area contributed by atoms with Crippen LogP contribution < -0.4 is 14.8 Å². The van der Waals surface area contributed by atoms with Gasteiger partial charge >= 0.3 is 0 Å². The number of rotatable bonds is 8. The maximum absolute atomic E-state index is 13.3. The van der Waals surface area contributed by atoms with E-state index < -0.39 is 22.0 Å². The van der Waals surface area contributed by atoms with Gasteiger partial charge in [-0.05, 0) is 55.0 Å². The number of amides is 1. The monoisotopic (exact) mass is 490 g/mol. The molecule has 0 saturated carbocycles. The lowest BCUT2D eigenvalue weighted by Crippen LogP contribution is -2.31. The number of methoxy groups -OCH3 is 1. The van der Waals surface area contributed by atoms with E-state index in [1.165, 1.54) is 12.1 Å². The predicted molar refractivity (Wildman–Crippen MR) is 134 cm³/mol. The van der Waals surface area contributed by atoms with E-state index in [4.69, 9.17) is 4.74 Å². The third-order valence-corrected chi connectivity index (χ3v) is 6.91. The molecule has 0 spiro atoms. The minimum atomic E-state index is -3.88. The summed E-state index contributed by atoms with van der Waals surface area (Å²) in [7, 11) is -0.472. The highest BCUT2D eigenvalue weighted by atomic mass is 32.2. The first kappa shape index (κ1) is 24.0. The van der Waals surface area contributed by atoms with Gasteiger partial charge in [0.15, 0.2) is 0 Å². The van der Waals surface area contributed by atoms with Crippen molar-refractivity contribution in [3.63, 3.8) is 0 Å². The lowest BCUT2D eigenvalue weighted by molar-refractivity contribution is 0.0941. The summed E-state index contributed by atoms with van der Waals surface area (Å²) < 4.78 is 35.6. The molecule has 180 valence electrons. The van der Waals surface area contributed by atoms with Crippen molar-refractivity contribution in [2.75, 3.05) is 11.8 Å². The van der Waals surface area contributed by atoms with Gasteiger partial charge in [0, 0.05) is 30.7 Å². The number of imidazole rings is 1. The van der Waals surface area contributed by atoms with Gasteiger partial charge < -0.3 is 14.6 Å². The first-order valence-electron chi connectivity index (χ1n) is 10.9. The molecule has 4 rings (SSSR count). The van der Waals surface area contributed by atoms with Crippen molar-refractivity contribution in [1.82, 2.24) is 14.9 Å². The van der Waals surface area contributed by atoms with E-state index in [9.17, 15) is 13.2 Å². The number of carbonyl (C=O) groups is 1. The zero-order valence-corrected chi connectivity index (χ0v) is 20.4. The number of sulfonamides is 1. The molecule has 0 bridgehead atoms. The molecule has 9 heteroatoms. The smallest absolute Gasteiger partial charge is 0.261 e. The largest absolute Gasteiger partial charge is 0.497 e. The molecule has 1 heterocycles. The molecule has 0 fully saturated rings. The fourth-order valence-corrected chi connectivity index (χ4v) is 4.73. The standard InChI is InChI=1S/C26H26N4O4S/c1-18-10-12-21(13-11-18)29-35(32,33)23-9-5-7-20(17-23)26(31)28-24(25-27-14-15-30(25)2)19-6-4-8-22(16-19)34-3/h4-17,24,29H,1-3H3,(H,28,31). The molecular weight excluding hydrogens is 464 g/mol. The molecule has 0 aliphatic carbocycles. The van der Waals surface area contributed by atoms with Gasteiger partial charge in [-0.3, -0.25) is 9.52 Å². The highest BCUT2D eigenvalue weighted by Gasteiger charge is 2.23. The van der Waals surface area contributed by atoms with Crippen molar-refractivity contribution in [2.45, 2.75) is 17.9 Å². The second kappa shape index (κ2) is 10.0. The second-order valence-corrected chi connectivity index (χ2v) is 9.76. The zero-order chi connectivity index (χ0) is 25.0. The Kier molecular flexibility index (Phi) is 6.88. The highest BCUT2D eigenvalue weighted by Crippen LogP contribution is 2.25. The van der Waals surface area contributed by atoms with E-state index in [0.717, 1.165) is 11.1 Å². The van der Waals surface area contributed by atoms with Crippen LogP contribution in [0, 0.1) is 6.92 Å². The molecule has 1 unspecified atom stereocenters. The van der Waals surface area contributed by atoms with Crippen LogP contribution in [0.4, 0.5) is 5.69 Å². The number of carbonyl (C=O) groups excluding carboxylic acids is 1. The summed E-state index contributed by atoms with van der Waals surface area (Å²) >= 11 is 0. The van der Waals surface area contributed by atoms with Gasteiger partial charge in [-0.25, -0.2) is 13.4 Å². The average molecular weight is 491 g/mol. The Hall–Kier alpha value is -4.11. The fourth-order valence-electron chi connectivity index (χ4n) is 3.63. The van der Waals surface area contributed by atoms with Crippen molar-refractivity contribution < 1.29 is 17.9 Å². The molecular formula is C26H26N4O4S. The summed E-state index contributed by atoms with van der Waals surface area (Å²) in [6.45, 7) is 1.92. The first-order chi connectivity index (χ1) is 16.8. The Balaban J connectivity index is 1.62. The molecule has 0 aliphatic rings. The minimum Gasteiger partial charge on any atom is -0.497 e. The van der Waals surface area contributed by atoms with Gasteiger partial charge in [-0.15, -0.1) is 0 Å². The SMILES string of the molecule is COc1cccc(C(NC(=O)c2cccc(S(=O)(=O)Nc3ccc(C)cc3)c2)c2nccn2C)c1. The number of hydrogen-bond acceptors (Lipinski definition) is 5. The van der Waals surface area contributed by atoms with Crippen LogP contribution in [-0.2, 0) is 17.1 Å². The van der Waals surface area contributed by atoms with E-state index in [0.29, 0.717) is 17.3 Å². The molecule has 3 aromatic carbocycles. The molecule has 4 aromatic rings. The zero-order valence-electron chi connectivity index (χ0n) is 19.6. The first-order valence-corrected chi connectivity index (χ1v) is 12.4. The van der Waals surface area contributed by atoms with Gasteiger partial charge in [0.25, 0.3) is 15.9 Å². The normalized spacial score (nSPS) is 12.1. The van der Waals surface area contributed by atoms with Crippen LogP contribution in [0.1, 0.15) is 33.4 Å². The molecule has 1 atom stereocenters. The maximum atomic E-state index is 13.3. The Bertz CT molecular complexity index is 1450. The van der Waals surface area contributed by atoms with Gasteiger partial charge in [0.2, 0.25) is 0 Å². The molecule has 35 heavy (non-hydrogen) atoms. The van der Waals surface area contributed by atoms with E-state index in [1.807, 2.05) is 54.9 Å². The highest BCUT2D eigenvalue weighted by molar-refractivity contribution is 7.92. The van der Waals surface area contributed by atoms with Gasteiger partial charge in [-0.2, -0.15) is 0 Å². The second-order valence-electron chi connectivity index (χ2n) is 8.08. The van der Waals surface area contributed by atoms with Crippen molar-refractivity contribution in [3.8, 4) is 5.75 Å². The maximum Gasteiger partial charge on any atom is 0.261 e. The van der Waals surface area contributed by atoms with Crippen LogP contribution in [0.3, 0.4) is 0 Å². The van der Waals surface area contributed by atoms with Crippen LogP contribution in [0.15, 0.2) is 90.1 Å². The van der Waals surface area contributed by atoms with Gasteiger partial charge in [0.1, 0.15) is 17.6 Å². The summed E-state index contributed by atoms with van der Waals surface area (Å²) in [5.74, 6) is 0.829. The lowest BCUT2D eigenvalue weighted by Gasteiger charge is -2.20. The molecule has 0 radical (unpaired) electrons. The van der Waals surface area contributed by atoms with E-state index in [-0.39, 0.29) is 10.5 Å². The van der Waals surface area contributed by atoms with Gasteiger partial charge in [-0.1, -0.05) is 35.9 Å². The van der Waals surface area contributed by atoms with Gasteiger partial charge in [0.05, 0.1) is 12.0 Å². The Morgan fingerprint density at radius 2 is 1.77 bits per heavy atom. The number of aryl methyl sites for hydroxylation is 2. The third-order valence-electron chi connectivity index (χ3n) is 5.53. The summed E-state index contributed by atoms with van der Waals surface area (Å²) in [5, 5.41) is 2.99. The van der Waals surface area contributed by atoms with E-state index in [2.05, 4.69) is 15.0 Å². The van der Waals surface area contributed by atoms with Crippen LogP contribution in [0.5, 0.6) is 5.75 Å². The summed E-state index contributed by atoms with van der Waals surface area (Å²) in [5.41, 5.74) is 2.44. The fraction of sp³-hybridized carbons (Fsp3) is 0.154.